The summed E-state index contributed by atoms with van der Waals surface area (Å²) in [5, 5.41) is 0. The maximum Gasteiger partial charge on any atom is 0.253 e. The Hall–Kier alpha value is -3.03. The molecule has 0 spiro atoms. The van der Waals surface area contributed by atoms with Gasteiger partial charge in [0.1, 0.15) is 5.82 Å². The van der Waals surface area contributed by atoms with Gasteiger partial charge < -0.3 is 4.90 Å². The smallest absolute Gasteiger partial charge is 0.253 e. The monoisotopic (exact) mass is 426 g/mol. The molecule has 0 bridgehead atoms. The van der Waals surface area contributed by atoms with Crippen LogP contribution >= 0.6 is 0 Å². The van der Waals surface area contributed by atoms with Crippen molar-refractivity contribution >= 4 is 15.9 Å². The number of carbonyl (C=O) groups is 1. The van der Waals surface area contributed by atoms with Gasteiger partial charge in [-0.1, -0.05) is 48.5 Å². The van der Waals surface area contributed by atoms with Crippen molar-refractivity contribution in [2.45, 2.75) is 24.9 Å². The van der Waals surface area contributed by atoms with E-state index in [4.69, 9.17) is 0 Å². The van der Waals surface area contributed by atoms with Crippen LogP contribution in [-0.2, 0) is 23.1 Å². The standard InChI is InChI=1S/C23H23FN2O3S/c1-17-8-11-20(23(27)26(2)16-19-9-12-21(24)13-10-19)14-22(17)30(28,29)25-15-18-6-4-3-5-7-18/h3-14,25H,15-16H2,1-2H3. The predicted octanol–water partition coefficient (Wildman–Crippen LogP) is 3.88. The van der Waals surface area contributed by atoms with E-state index in [1.807, 2.05) is 30.3 Å². The number of hydrogen-bond acceptors (Lipinski definition) is 3. The molecule has 156 valence electrons. The van der Waals surface area contributed by atoms with Crippen LogP contribution in [0.4, 0.5) is 4.39 Å². The highest BCUT2D eigenvalue weighted by Gasteiger charge is 2.20. The average molecular weight is 427 g/mol. The van der Waals surface area contributed by atoms with E-state index in [1.165, 1.54) is 23.1 Å². The summed E-state index contributed by atoms with van der Waals surface area (Å²) in [7, 11) is -2.18. The highest BCUT2D eigenvalue weighted by molar-refractivity contribution is 7.89. The van der Waals surface area contributed by atoms with E-state index in [1.54, 1.807) is 38.2 Å². The molecule has 0 radical (unpaired) electrons. The summed E-state index contributed by atoms with van der Waals surface area (Å²) >= 11 is 0. The first-order chi connectivity index (χ1) is 14.3. The van der Waals surface area contributed by atoms with Crippen molar-refractivity contribution in [1.82, 2.24) is 9.62 Å². The van der Waals surface area contributed by atoms with Crippen LogP contribution in [0.1, 0.15) is 27.0 Å². The van der Waals surface area contributed by atoms with Crippen LogP contribution in [0.5, 0.6) is 0 Å². The quantitative estimate of drug-likeness (QED) is 0.623. The van der Waals surface area contributed by atoms with Crippen molar-refractivity contribution in [3.05, 3.63) is 101 Å². The third kappa shape index (κ3) is 5.31. The molecule has 7 heteroatoms. The molecule has 0 aliphatic carbocycles. The van der Waals surface area contributed by atoms with Gasteiger partial charge in [-0.05, 0) is 47.9 Å². The Kier molecular flexibility index (Phi) is 6.64. The molecule has 3 rings (SSSR count). The van der Waals surface area contributed by atoms with Crippen LogP contribution in [0.2, 0.25) is 0 Å². The number of hydrogen-bond donors (Lipinski definition) is 1. The maximum absolute atomic E-state index is 13.1. The van der Waals surface area contributed by atoms with Gasteiger partial charge in [0, 0.05) is 25.7 Å². The molecule has 0 aromatic heterocycles. The molecule has 1 amide bonds. The van der Waals surface area contributed by atoms with Crippen molar-refractivity contribution in [3.8, 4) is 0 Å². The number of nitrogens with zero attached hydrogens (tertiary/aromatic N) is 1. The maximum atomic E-state index is 13.1. The van der Waals surface area contributed by atoms with Crippen LogP contribution in [0.15, 0.2) is 77.7 Å². The van der Waals surface area contributed by atoms with Gasteiger partial charge in [-0.3, -0.25) is 4.79 Å². The fourth-order valence-electron chi connectivity index (χ4n) is 3.03. The fourth-order valence-corrected chi connectivity index (χ4v) is 4.32. The molecule has 0 atom stereocenters. The molecule has 0 saturated heterocycles. The molecule has 30 heavy (non-hydrogen) atoms. The number of rotatable bonds is 7. The highest BCUT2D eigenvalue weighted by atomic mass is 32.2. The van der Waals surface area contributed by atoms with E-state index < -0.39 is 10.0 Å². The Morgan fingerprint density at radius 3 is 2.30 bits per heavy atom. The van der Waals surface area contributed by atoms with Gasteiger partial charge >= 0.3 is 0 Å². The second kappa shape index (κ2) is 9.19. The third-order valence-corrected chi connectivity index (χ3v) is 6.26. The zero-order chi connectivity index (χ0) is 21.7. The molecule has 0 fully saturated rings. The Balaban J connectivity index is 1.77. The van der Waals surface area contributed by atoms with E-state index in [0.717, 1.165) is 11.1 Å². The Morgan fingerprint density at radius 1 is 0.967 bits per heavy atom. The summed E-state index contributed by atoms with van der Waals surface area (Å²) in [4.78, 5) is 14.4. The first-order valence-electron chi connectivity index (χ1n) is 9.40. The topological polar surface area (TPSA) is 66.5 Å². The third-order valence-electron chi connectivity index (χ3n) is 4.71. The first kappa shape index (κ1) is 21.7. The lowest BCUT2D eigenvalue weighted by molar-refractivity contribution is 0.0785. The predicted molar refractivity (Wildman–Crippen MR) is 114 cm³/mol. The van der Waals surface area contributed by atoms with E-state index in [0.29, 0.717) is 5.56 Å². The van der Waals surface area contributed by atoms with Crippen molar-refractivity contribution in [1.29, 1.82) is 0 Å². The largest absolute Gasteiger partial charge is 0.337 e. The molecule has 5 nitrogen and oxygen atoms in total. The zero-order valence-electron chi connectivity index (χ0n) is 16.8. The van der Waals surface area contributed by atoms with Gasteiger partial charge in [0.05, 0.1) is 4.90 Å². The minimum atomic E-state index is -3.80. The lowest BCUT2D eigenvalue weighted by atomic mass is 10.1. The summed E-state index contributed by atoms with van der Waals surface area (Å²) in [5.41, 5.74) is 2.43. The molecule has 0 saturated carbocycles. The molecule has 0 aliphatic heterocycles. The van der Waals surface area contributed by atoms with Crippen LogP contribution < -0.4 is 4.72 Å². The summed E-state index contributed by atoms with van der Waals surface area (Å²) in [5.74, 6) is -0.664. The van der Waals surface area contributed by atoms with Crippen LogP contribution in [0.25, 0.3) is 0 Å². The molecule has 1 N–H and O–H groups in total. The number of sulfonamides is 1. The van der Waals surface area contributed by atoms with Gasteiger partial charge in [-0.15, -0.1) is 0 Å². The molecule has 0 unspecified atom stereocenters. The molecular weight excluding hydrogens is 403 g/mol. The molecule has 0 heterocycles. The van der Waals surface area contributed by atoms with Gasteiger partial charge in [0.2, 0.25) is 10.0 Å². The number of nitrogens with one attached hydrogen (secondary N) is 1. The number of benzene rings is 3. The van der Waals surface area contributed by atoms with Crippen LogP contribution in [0.3, 0.4) is 0 Å². The number of carbonyl (C=O) groups excluding carboxylic acids is 1. The number of aryl methyl sites for hydroxylation is 1. The summed E-state index contributed by atoms with van der Waals surface area (Å²) < 4.78 is 41.3. The Bertz CT molecular complexity index is 1130. The first-order valence-corrected chi connectivity index (χ1v) is 10.9. The Morgan fingerprint density at radius 2 is 1.63 bits per heavy atom. The van der Waals surface area contributed by atoms with Crippen molar-refractivity contribution in [2.75, 3.05) is 7.05 Å². The van der Waals surface area contributed by atoms with Crippen molar-refractivity contribution < 1.29 is 17.6 Å². The van der Waals surface area contributed by atoms with Gasteiger partial charge in [0.15, 0.2) is 0 Å². The lowest BCUT2D eigenvalue weighted by Gasteiger charge is -2.18. The Labute approximate surface area is 176 Å². The van der Waals surface area contributed by atoms with E-state index in [2.05, 4.69) is 4.72 Å². The van der Waals surface area contributed by atoms with Crippen LogP contribution in [-0.4, -0.2) is 26.3 Å². The van der Waals surface area contributed by atoms with E-state index >= 15 is 0 Å². The minimum absolute atomic E-state index is 0.0689. The van der Waals surface area contributed by atoms with Crippen molar-refractivity contribution in [2.24, 2.45) is 0 Å². The van der Waals surface area contributed by atoms with Crippen molar-refractivity contribution in [3.63, 3.8) is 0 Å². The summed E-state index contributed by atoms with van der Waals surface area (Å²) in [6.45, 7) is 2.13. The van der Waals surface area contributed by atoms with Gasteiger partial charge in [0.25, 0.3) is 5.91 Å². The zero-order valence-corrected chi connectivity index (χ0v) is 17.6. The molecule has 3 aromatic rings. The molecular formula is C23H23FN2O3S. The lowest BCUT2D eigenvalue weighted by Crippen LogP contribution is -2.27. The van der Waals surface area contributed by atoms with Gasteiger partial charge in [-0.25, -0.2) is 17.5 Å². The van der Waals surface area contributed by atoms with E-state index in [-0.39, 0.29) is 35.3 Å². The average Bonchev–Trinajstić information content (AvgIpc) is 2.74. The number of halogens is 1. The van der Waals surface area contributed by atoms with E-state index in [9.17, 15) is 17.6 Å². The van der Waals surface area contributed by atoms with Crippen LogP contribution in [0, 0.1) is 12.7 Å². The second-order valence-corrected chi connectivity index (χ2v) is 8.81. The number of amides is 1. The molecule has 0 aliphatic rings. The second-order valence-electron chi connectivity index (χ2n) is 7.08. The minimum Gasteiger partial charge on any atom is -0.337 e. The summed E-state index contributed by atoms with van der Waals surface area (Å²) in [6, 6.07) is 19.7. The van der Waals surface area contributed by atoms with Gasteiger partial charge in [-0.2, -0.15) is 0 Å². The normalized spacial score (nSPS) is 11.3. The SMILES string of the molecule is Cc1ccc(C(=O)N(C)Cc2ccc(F)cc2)cc1S(=O)(=O)NCc1ccccc1. The summed E-state index contributed by atoms with van der Waals surface area (Å²) in [6.07, 6.45) is 0. The fraction of sp³-hybridized carbons (Fsp3) is 0.174. The molecule has 3 aromatic carbocycles. The highest BCUT2D eigenvalue weighted by Crippen LogP contribution is 2.19.